The molecule has 1 aromatic heterocycles. The Labute approximate surface area is 183 Å². The van der Waals surface area contributed by atoms with E-state index in [1.54, 1.807) is 55.5 Å². The van der Waals surface area contributed by atoms with Gasteiger partial charge in [-0.3, -0.25) is 19.0 Å². The zero-order valence-corrected chi connectivity index (χ0v) is 18.1. The molecule has 3 rings (SSSR count). The lowest BCUT2D eigenvalue weighted by Gasteiger charge is -2.15. The van der Waals surface area contributed by atoms with E-state index in [0.29, 0.717) is 32.3 Å². The largest absolute Gasteiger partial charge is 0.326 e. The van der Waals surface area contributed by atoms with Crippen molar-refractivity contribution in [2.45, 2.75) is 30.8 Å². The molecule has 1 atom stereocenters. The van der Waals surface area contributed by atoms with Gasteiger partial charge in [-0.2, -0.15) is 0 Å². The highest BCUT2D eigenvalue weighted by atomic mass is 35.5. The highest BCUT2D eigenvalue weighted by Gasteiger charge is 2.20. The second-order valence-corrected chi connectivity index (χ2v) is 8.39. The number of carbonyl (C=O) groups is 2. The van der Waals surface area contributed by atoms with E-state index >= 15 is 0 Å². The van der Waals surface area contributed by atoms with Crippen LogP contribution >= 0.6 is 23.4 Å². The number of halogens is 1. The number of ketones is 1. The second kappa shape index (κ2) is 9.28. The number of nitrogens with one attached hydrogen (secondary N) is 1. The number of thioether (sulfide) groups is 1. The Hall–Kier alpha value is -2.90. The first-order valence-electron chi connectivity index (χ1n) is 9.19. The molecule has 0 saturated carbocycles. The van der Waals surface area contributed by atoms with Gasteiger partial charge in [0.05, 0.1) is 16.2 Å². The maximum atomic E-state index is 12.9. The summed E-state index contributed by atoms with van der Waals surface area (Å²) >= 11 is 7.26. The minimum Gasteiger partial charge on any atom is -0.326 e. The Bertz CT molecular complexity index is 1190. The molecule has 3 aromatic rings. The lowest BCUT2D eigenvalue weighted by molar-refractivity contribution is -0.114. The molecule has 6 nitrogen and oxygen atoms in total. The van der Waals surface area contributed by atoms with Crippen molar-refractivity contribution in [3.63, 3.8) is 0 Å². The Morgan fingerprint density at radius 3 is 2.60 bits per heavy atom. The summed E-state index contributed by atoms with van der Waals surface area (Å²) in [6, 6.07) is 11.6. The summed E-state index contributed by atoms with van der Waals surface area (Å²) in [6.45, 7) is 7.17. The van der Waals surface area contributed by atoms with Gasteiger partial charge in [0.2, 0.25) is 5.91 Å². The number of carbonyl (C=O) groups excluding carboxylic acids is 2. The summed E-state index contributed by atoms with van der Waals surface area (Å²) in [7, 11) is 0. The first-order chi connectivity index (χ1) is 14.3. The lowest BCUT2D eigenvalue weighted by atomic mass is 10.1. The molecule has 0 bridgehead atoms. The summed E-state index contributed by atoms with van der Waals surface area (Å²) in [5.41, 5.74) is 1.39. The fourth-order valence-electron chi connectivity index (χ4n) is 2.92. The molecule has 0 fully saturated rings. The number of fused-ring (bicyclic) bond motifs is 1. The number of Topliss-reactive ketones (excluding diaryl/α,β-unsaturated/α-hetero) is 1. The van der Waals surface area contributed by atoms with E-state index in [-0.39, 0.29) is 23.8 Å². The molecular formula is C22H20ClN3O3S. The maximum absolute atomic E-state index is 12.9. The van der Waals surface area contributed by atoms with Gasteiger partial charge >= 0.3 is 0 Å². The van der Waals surface area contributed by atoms with E-state index in [1.165, 1.54) is 23.3 Å². The number of allylic oxidation sites excluding steroid dienone is 1. The number of hydrogen-bond acceptors (Lipinski definition) is 5. The van der Waals surface area contributed by atoms with Gasteiger partial charge in [-0.25, -0.2) is 4.98 Å². The summed E-state index contributed by atoms with van der Waals surface area (Å²) < 4.78 is 1.50. The molecule has 0 aliphatic heterocycles. The van der Waals surface area contributed by atoms with Crippen LogP contribution in [0.4, 0.5) is 5.69 Å². The van der Waals surface area contributed by atoms with Crippen LogP contribution in [0.15, 0.2) is 65.1 Å². The monoisotopic (exact) mass is 441 g/mol. The van der Waals surface area contributed by atoms with E-state index in [2.05, 4.69) is 16.9 Å². The minimum atomic E-state index is -0.490. The highest BCUT2D eigenvalue weighted by molar-refractivity contribution is 8.00. The fourth-order valence-corrected chi connectivity index (χ4v) is 4.08. The number of rotatable bonds is 7. The second-order valence-electron chi connectivity index (χ2n) is 6.64. The SMILES string of the molecule is C=CCn1c(SC(C)C(=O)c2ccc(NC(C)=O)cc2)nc2cc(Cl)ccc2c1=O. The third-order valence-corrected chi connectivity index (χ3v) is 5.66. The normalized spacial score (nSPS) is 11.8. The maximum Gasteiger partial charge on any atom is 0.262 e. The van der Waals surface area contributed by atoms with E-state index in [0.717, 1.165) is 0 Å². The number of hydrogen-bond donors (Lipinski definition) is 1. The van der Waals surface area contributed by atoms with Gasteiger partial charge in [-0.05, 0) is 49.4 Å². The number of benzene rings is 2. The predicted molar refractivity (Wildman–Crippen MR) is 122 cm³/mol. The van der Waals surface area contributed by atoms with Crippen LogP contribution in [-0.4, -0.2) is 26.5 Å². The molecule has 1 amide bonds. The standard InChI is InChI=1S/C22H20ClN3O3S/c1-4-11-26-21(29)18-10-7-16(23)12-19(18)25-22(26)30-13(2)20(28)15-5-8-17(9-6-15)24-14(3)27/h4-10,12-13H,1,11H2,2-3H3,(H,24,27). The van der Waals surface area contributed by atoms with Crippen molar-refractivity contribution in [2.75, 3.05) is 5.32 Å². The van der Waals surface area contributed by atoms with Crippen LogP contribution in [-0.2, 0) is 11.3 Å². The molecule has 154 valence electrons. The van der Waals surface area contributed by atoms with E-state index in [1.807, 2.05) is 0 Å². The van der Waals surface area contributed by atoms with Crippen LogP contribution in [0.3, 0.4) is 0 Å². The highest BCUT2D eigenvalue weighted by Crippen LogP contribution is 2.26. The van der Waals surface area contributed by atoms with Crippen molar-refractivity contribution in [2.24, 2.45) is 0 Å². The van der Waals surface area contributed by atoms with Gasteiger partial charge in [0.15, 0.2) is 10.9 Å². The van der Waals surface area contributed by atoms with Gasteiger partial charge in [-0.1, -0.05) is 29.4 Å². The smallest absolute Gasteiger partial charge is 0.262 e. The molecule has 0 spiro atoms. The first-order valence-corrected chi connectivity index (χ1v) is 10.5. The molecule has 0 aliphatic rings. The first kappa shape index (κ1) is 21.8. The van der Waals surface area contributed by atoms with Gasteiger partial charge in [-0.15, -0.1) is 6.58 Å². The number of amides is 1. The Kier molecular flexibility index (Phi) is 6.74. The van der Waals surface area contributed by atoms with Crippen LogP contribution in [0.5, 0.6) is 0 Å². The van der Waals surface area contributed by atoms with Gasteiger partial charge in [0, 0.05) is 29.7 Å². The molecule has 0 aliphatic carbocycles. The summed E-state index contributed by atoms with van der Waals surface area (Å²) in [4.78, 5) is 41.5. The van der Waals surface area contributed by atoms with Crippen molar-refractivity contribution in [3.8, 4) is 0 Å². The molecular weight excluding hydrogens is 422 g/mol. The number of aromatic nitrogens is 2. The van der Waals surface area contributed by atoms with Crippen LogP contribution in [0, 0.1) is 0 Å². The van der Waals surface area contributed by atoms with Crippen LogP contribution in [0.25, 0.3) is 10.9 Å². The van der Waals surface area contributed by atoms with Crippen molar-refractivity contribution in [1.29, 1.82) is 0 Å². The van der Waals surface area contributed by atoms with Crippen molar-refractivity contribution >= 4 is 51.6 Å². The molecule has 8 heteroatoms. The number of nitrogens with zero attached hydrogens (tertiary/aromatic N) is 2. The molecule has 1 unspecified atom stereocenters. The quantitative estimate of drug-likeness (QED) is 0.251. The van der Waals surface area contributed by atoms with Gasteiger partial charge in [0.25, 0.3) is 5.56 Å². The average molecular weight is 442 g/mol. The fraction of sp³-hybridized carbons (Fsp3) is 0.182. The zero-order valence-electron chi connectivity index (χ0n) is 16.5. The van der Waals surface area contributed by atoms with E-state index in [4.69, 9.17) is 11.6 Å². The third-order valence-electron chi connectivity index (χ3n) is 4.34. The summed E-state index contributed by atoms with van der Waals surface area (Å²) in [6.07, 6.45) is 1.61. The predicted octanol–water partition coefficient (Wildman–Crippen LogP) is 4.56. The van der Waals surface area contributed by atoms with Gasteiger partial charge in [0.1, 0.15) is 0 Å². The summed E-state index contributed by atoms with van der Waals surface area (Å²) in [5, 5.41) is 3.54. The van der Waals surface area contributed by atoms with Crippen molar-refractivity contribution < 1.29 is 9.59 Å². The molecule has 30 heavy (non-hydrogen) atoms. The Balaban J connectivity index is 1.91. The average Bonchev–Trinajstić information content (AvgIpc) is 2.70. The van der Waals surface area contributed by atoms with Crippen LogP contribution < -0.4 is 10.9 Å². The van der Waals surface area contributed by atoms with E-state index in [9.17, 15) is 14.4 Å². The zero-order chi connectivity index (χ0) is 21.8. The molecule has 1 heterocycles. The molecule has 2 aromatic carbocycles. The topological polar surface area (TPSA) is 81.1 Å². The van der Waals surface area contributed by atoms with Crippen molar-refractivity contribution in [3.05, 3.63) is 76.1 Å². The van der Waals surface area contributed by atoms with Gasteiger partial charge < -0.3 is 5.32 Å². The lowest BCUT2D eigenvalue weighted by Crippen LogP contribution is -2.24. The van der Waals surface area contributed by atoms with Crippen LogP contribution in [0.2, 0.25) is 5.02 Å². The third kappa shape index (κ3) is 4.80. The molecule has 1 N–H and O–H groups in total. The Morgan fingerprint density at radius 2 is 1.97 bits per heavy atom. The minimum absolute atomic E-state index is 0.111. The molecule has 0 saturated heterocycles. The van der Waals surface area contributed by atoms with Crippen LogP contribution in [0.1, 0.15) is 24.2 Å². The summed E-state index contributed by atoms with van der Waals surface area (Å²) in [5.74, 6) is -0.291. The van der Waals surface area contributed by atoms with E-state index < -0.39 is 5.25 Å². The Morgan fingerprint density at radius 1 is 1.27 bits per heavy atom. The molecule has 0 radical (unpaired) electrons. The van der Waals surface area contributed by atoms with Crippen molar-refractivity contribution in [1.82, 2.24) is 9.55 Å². The number of anilines is 1.